The molecule has 0 aliphatic rings. The minimum atomic E-state index is -0.390. The van der Waals surface area contributed by atoms with Gasteiger partial charge in [0.05, 0.1) is 6.61 Å². The Hall–Kier alpha value is -0.840. The van der Waals surface area contributed by atoms with Crippen molar-refractivity contribution >= 4 is 21.9 Å². The van der Waals surface area contributed by atoms with Crippen LogP contribution in [0.15, 0.2) is 10.7 Å². The minimum Gasteiger partial charge on any atom is -0.461 e. The van der Waals surface area contributed by atoms with Gasteiger partial charge in [0.25, 0.3) is 0 Å². The Balaban J connectivity index is 2.82. The van der Waals surface area contributed by atoms with Crippen molar-refractivity contribution < 1.29 is 9.53 Å². The number of nitrogens with zero attached hydrogens (tertiary/aromatic N) is 2. The predicted molar refractivity (Wildman–Crippen MR) is 46.9 cm³/mol. The second kappa shape index (κ2) is 3.71. The average Bonchev–Trinajstić information content (AvgIpc) is 2.33. The van der Waals surface area contributed by atoms with Gasteiger partial charge in [0.15, 0.2) is 5.69 Å². The highest BCUT2D eigenvalue weighted by Gasteiger charge is 2.11. The second-order valence-corrected chi connectivity index (χ2v) is 3.01. The number of esters is 1. The Morgan fingerprint density at radius 3 is 2.92 bits per heavy atom. The zero-order chi connectivity index (χ0) is 9.14. The van der Waals surface area contributed by atoms with E-state index in [9.17, 15) is 4.79 Å². The summed E-state index contributed by atoms with van der Waals surface area (Å²) in [6, 6.07) is 1.62. The van der Waals surface area contributed by atoms with Crippen LogP contribution in [0.4, 0.5) is 0 Å². The van der Waals surface area contributed by atoms with Gasteiger partial charge in [-0.05, 0) is 22.9 Å². The van der Waals surface area contributed by atoms with Gasteiger partial charge in [-0.2, -0.15) is 5.10 Å². The molecule has 1 rings (SSSR count). The van der Waals surface area contributed by atoms with E-state index in [1.807, 2.05) is 0 Å². The first kappa shape index (κ1) is 9.25. The smallest absolute Gasteiger partial charge is 0.358 e. The number of rotatable bonds is 2. The lowest BCUT2D eigenvalue weighted by Crippen LogP contribution is -2.05. The van der Waals surface area contributed by atoms with E-state index in [1.165, 1.54) is 0 Å². The summed E-state index contributed by atoms with van der Waals surface area (Å²) >= 11 is 3.23. The highest BCUT2D eigenvalue weighted by Crippen LogP contribution is 2.10. The van der Waals surface area contributed by atoms with Gasteiger partial charge in [-0.15, -0.1) is 0 Å². The fourth-order valence-corrected chi connectivity index (χ4v) is 1.05. The molecule has 4 nitrogen and oxygen atoms in total. The van der Waals surface area contributed by atoms with Crippen LogP contribution in [0.1, 0.15) is 17.4 Å². The first-order valence-corrected chi connectivity index (χ1v) is 4.31. The standard InChI is InChI=1S/C7H9BrN2O2/c1-3-12-7(11)5-4-6(8)10(2)9-5/h4H,3H2,1-2H3. The van der Waals surface area contributed by atoms with Crippen LogP contribution < -0.4 is 0 Å². The molecule has 0 saturated heterocycles. The first-order valence-electron chi connectivity index (χ1n) is 3.51. The number of carbonyl (C=O) groups is 1. The monoisotopic (exact) mass is 232 g/mol. The van der Waals surface area contributed by atoms with E-state index in [4.69, 9.17) is 4.74 Å². The van der Waals surface area contributed by atoms with E-state index >= 15 is 0 Å². The quantitative estimate of drug-likeness (QED) is 0.724. The zero-order valence-corrected chi connectivity index (χ0v) is 8.46. The van der Waals surface area contributed by atoms with Gasteiger partial charge in [0, 0.05) is 13.1 Å². The second-order valence-electron chi connectivity index (χ2n) is 2.20. The van der Waals surface area contributed by atoms with E-state index in [0.717, 1.165) is 4.60 Å². The van der Waals surface area contributed by atoms with Crippen LogP contribution in [0.25, 0.3) is 0 Å². The third-order valence-corrected chi connectivity index (χ3v) is 2.05. The molecule has 0 bridgehead atoms. The fraction of sp³-hybridized carbons (Fsp3) is 0.429. The van der Waals surface area contributed by atoms with Crippen LogP contribution >= 0.6 is 15.9 Å². The molecular formula is C7H9BrN2O2. The molecule has 1 aromatic heterocycles. The summed E-state index contributed by atoms with van der Waals surface area (Å²) in [5.74, 6) is -0.390. The highest BCUT2D eigenvalue weighted by atomic mass is 79.9. The van der Waals surface area contributed by atoms with E-state index in [2.05, 4.69) is 21.0 Å². The summed E-state index contributed by atoms with van der Waals surface area (Å²) in [7, 11) is 1.74. The predicted octanol–water partition coefficient (Wildman–Crippen LogP) is 1.36. The van der Waals surface area contributed by atoms with E-state index in [1.54, 1.807) is 24.7 Å². The number of aromatic nitrogens is 2. The van der Waals surface area contributed by atoms with Crippen molar-refractivity contribution in [3.8, 4) is 0 Å². The molecule has 0 aromatic carbocycles. The molecule has 5 heteroatoms. The molecule has 0 fully saturated rings. The molecule has 0 saturated carbocycles. The summed E-state index contributed by atoms with van der Waals surface area (Å²) < 4.78 is 7.08. The van der Waals surface area contributed by atoms with E-state index < -0.39 is 0 Å². The molecule has 12 heavy (non-hydrogen) atoms. The number of halogens is 1. The summed E-state index contributed by atoms with van der Waals surface area (Å²) in [5.41, 5.74) is 0.325. The van der Waals surface area contributed by atoms with Crippen molar-refractivity contribution in [3.63, 3.8) is 0 Å². The van der Waals surface area contributed by atoms with Gasteiger partial charge in [-0.3, -0.25) is 4.68 Å². The third-order valence-electron chi connectivity index (χ3n) is 1.31. The van der Waals surface area contributed by atoms with E-state index in [-0.39, 0.29) is 5.97 Å². The Labute approximate surface area is 78.6 Å². The molecule has 0 unspecified atom stereocenters. The van der Waals surface area contributed by atoms with Gasteiger partial charge >= 0.3 is 5.97 Å². The first-order chi connectivity index (χ1) is 5.65. The lowest BCUT2D eigenvalue weighted by molar-refractivity contribution is 0.0518. The summed E-state index contributed by atoms with van der Waals surface area (Å²) in [6.07, 6.45) is 0. The van der Waals surface area contributed by atoms with Gasteiger partial charge in [0.1, 0.15) is 4.60 Å². The van der Waals surface area contributed by atoms with Crippen molar-refractivity contribution in [2.24, 2.45) is 7.05 Å². The minimum absolute atomic E-state index is 0.325. The summed E-state index contributed by atoms with van der Waals surface area (Å²) in [5, 5.41) is 3.92. The fourth-order valence-electron chi connectivity index (χ4n) is 0.749. The molecule has 0 amide bonds. The van der Waals surface area contributed by atoms with Gasteiger partial charge in [-0.25, -0.2) is 4.79 Å². The molecule has 1 heterocycles. The topological polar surface area (TPSA) is 44.1 Å². The van der Waals surface area contributed by atoms with E-state index in [0.29, 0.717) is 12.3 Å². The Morgan fingerprint density at radius 1 is 1.83 bits per heavy atom. The Morgan fingerprint density at radius 2 is 2.50 bits per heavy atom. The maximum absolute atomic E-state index is 11.1. The van der Waals surface area contributed by atoms with Gasteiger partial charge in [0.2, 0.25) is 0 Å². The highest BCUT2D eigenvalue weighted by molar-refractivity contribution is 9.10. The van der Waals surface area contributed by atoms with Crippen LogP contribution in [-0.4, -0.2) is 22.4 Å². The maximum atomic E-state index is 11.1. The van der Waals surface area contributed by atoms with Crippen LogP contribution in [-0.2, 0) is 11.8 Å². The van der Waals surface area contributed by atoms with Crippen LogP contribution in [0, 0.1) is 0 Å². The van der Waals surface area contributed by atoms with Crippen LogP contribution in [0.2, 0.25) is 0 Å². The molecule has 1 aromatic rings. The largest absolute Gasteiger partial charge is 0.461 e. The van der Waals surface area contributed by atoms with Gasteiger partial charge < -0.3 is 4.74 Å². The van der Waals surface area contributed by atoms with Crippen molar-refractivity contribution in [1.82, 2.24) is 9.78 Å². The third kappa shape index (κ3) is 1.85. The lowest BCUT2D eigenvalue weighted by atomic mass is 10.4. The van der Waals surface area contributed by atoms with Crippen LogP contribution in [0.3, 0.4) is 0 Å². The number of aryl methyl sites for hydroxylation is 1. The molecule has 66 valence electrons. The van der Waals surface area contributed by atoms with Crippen molar-refractivity contribution in [3.05, 3.63) is 16.4 Å². The molecule has 0 radical (unpaired) electrons. The zero-order valence-electron chi connectivity index (χ0n) is 6.87. The van der Waals surface area contributed by atoms with Crippen molar-refractivity contribution in [1.29, 1.82) is 0 Å². The number of ether oxygens (including phenoxy) is 1. The molecule has 0 aliphatic heterocycles. The molecule has 0 spiro atoms. The van der Waals surface area contributed by atoms with Gasteiger partial charge in [-0.1, -0.05) is 0 Å². The molecular weight excluding hydrogens is 224 g/mol. The number of hydrogen-bond donors (Lipinski definition) is 0. The number of carbonyl (C=O) groups excluding carboxylic acids is 1. The summed E-state index contributed by atoms with van der Waals surface area (Å²) in [4.78, 5) is 11.1. The summed E-state index contributed by atoms with van der Waals surface area (Å²) in [6.45, 7) is 2.13. The average molecular weight is 233 g/mol. The Kier molecular flexibility index (Phi) is 2.86. The normalized spacial score (nSPS) is 9.92. The van der Waals surface area contributed by atoms with Crippen LogP contribution in [0.5, 0.6) is 0 Å². The van der Waals surface area contributed by atoms with Crippen molar-refractivity contribution in [2.45, 2.75) is 6.92 Å². The maximum Gasteiger partial charge on any atom is 0.358 e. The SMILES string of the molecule is CCOC(=O)c1cc(Br)n(C)n1. The Bertz CT molecular complexity index is 276. The molecule has 0 N–H and O–H groups in total. The van der Waals surface area contributed by atoms with Crippen molar-refractivity contribution in [2.75, 3.05) is 6.61 Å². The molecule has 0 atom stereocenters. The lowest BCUT2D eigenvalue weighted by Gasteiger charge is -1.95. The molecule has 0 aliphatic carbocycles. The number of hydrogen-bond acceptors (Lipinski definition) is 3.